The number of nitrogens with one attached hydrogen (secondary N) is 1. The molecule has 2 amide bonds. The molecule has 1 saturated carbocycles. The molecule has 0 radical (unpaired) electrons. The normalized spacial score (nSPS) is 24.7. The van der Waals surface area contributed by atoms with E-state index in [4.69, 9.17) is 0 Å². The van der Waals surface area contributed by atoms with Gasteiger partial charge in [-0.05, 0) is 19.3 Å². The minimum absolute atomic E-state index is 0.105. The first-order valence-electron chi connectivity index (χ1n) is 8.79. The number of carbonyl (C=O) groups excluding carboxylic acids is 2. The van der Waals surface area contributed by atoms with Crippen molar-refractivity contribution >= 4 is 11.8 Å². The molecule has 1 heterocycles. The monoisotopic (exact) mass is 294 g/mol. The van der Waals surface area contributed by atoms with Gasteiger partial charge in [-0.25, -0.2) is 0 Å². The molecule has 21 heavy (non-hydrogen) atoms. The Morgan fingerprint density at radius 1 is 1.19 bits per heavy atom. The maximum atomic E-state index is 12.4. The van der Waals surface area contributed by atoms with Crippen LogP contribution < -0.4 is 5.32 Å². The second kappa shape index (κ2) is 8.40. The molecule has 0 spiro atoms. The molecule has 2 aliphatic rings. The quantitative estimate of drug-likeness (QED) is 0.847. The second-order valence-corrected chi connectivity index (χ2v) is 6.64. The summed E-state index contributed by atoms with van der Waals surface area (Å²) >= 11 is 0. The van der Waals surface area contributed by atoms with E-state index < -0.39 is 0 Å². The molecular formula is C17H30N2O2. The molecule has 0 bridgehead atoms. The molecule has 4 heteroatoms. The average Bonchev–Trinajstić information content (AvgIpc) is 2.80. The van der Waals surface area contributed by atoms with Crippen molar-refractivity contribution < 1.29 is 9.59 Å². The minimum atomic E-state index is -0.125. The van der Waals surface area contributed by atoms with E-state index in [1.54, 1.807) is 0 Å². The van der Waals surface area contributed by atoms with Crippen LogP contribution in [0.15, 0.2) is 0 Å². The number of hydrogen-bond acceptors (Lipinski definition) is 2. The van der Waals surface area contributed by atoms with Gasteiger partial charge in [-0.1, -0.05) is 45.4 Å². The highest BCUT2D eigenvalue weighted by Crippen LogP contribution is 2.21. The lowest BCUT2D eigenvalue weighted by atomic mass is 9.96. The number of carbonyl (C=O) groups is 2. The van der Waals surface area contributed by atoms with Crippen molar-refractivity contribution in [1.29, 1.82) is 0 Å². The van der Waals surface area contributed by atoms with Crippen LogP contribution in [0.4, 0.5) is 0 Å². The number of unbranched alkanes of at least 4 members (excludes halogenated alkanes) is 1. The van der Waals surface area contributed by atoms with E-state index in [-0.39, 0.29) is 17.7 Å². The van der Waals surface area contributed by atoms with Crippen molar-refractivity contribution in [2.75, 3.05) is 13.1 Å². The van der Waals surface area contributed by atoms with Gasteiger partial charge in [0.05, 0.1) is 5.92 Å². The van der Waals surface area contributed by atoms with Crippen molar-refractivity contribution in [2.45, 2.75) is 77.2 Å². The Morgan fingerprint density at radius 2 is 1.86 bits per heavy atom. The molecule has 1 N–H and O–H groups in total. The Kier molecular flexibility index (Phi) is 6.52. The van der Waals surface area contributed by atoms with Crippen LogP contribution in [0.2, 0.25) is 0 Å². The molecule has 4 nitrogen and oxygen atoms in total. The maximum absolute atomic E-state index is 12.4. The number of hydrogen-bond donors (Lipinski definition) is 1. The third-order valence-corrected chi connectivity index (χ3v) is 4.82. The van der Waals surface area contributed by atoms with E-state index >= 15 is 0 Å². The number of likely N-dealkylation sites (tertiary alicyclic amines) is 1. The third-order valence-electron chi connectivity index (χ3n) is 4.82. The van der Waals surface area contributed by atoms with Crippen LogP contribution in [0.1, 0.15) is 71.1 Å². The zero-order chi connectivity index (χ0) is 15.1. The summed E-state index contributed by atoms with van der Waals surface area (Å²) in [7, 11) is 0. The first-order valence-corrected chi connectivity index (χ1v) is 8.79. The summed E-state index contributed by atoms with van der Waals surface area (Å²) in [6.07, 6.45) is 11.1. The van der Waals surface area contributed by atoms with Gasteiger partial charge in [0.2, 0.25) is 11.8 Å². The van der Waals surface area contributed by atoms with E-state index in [9.17, 15) is 9.59 Å². The smallest absolute Gasteiger partial charge is 0.225 e. The summed E-state index contributed by atoms with van der Waals surface area (Å²) in [6.45, 7) is 3.55. The van der Waals surface area contributed by atoms with Gasteiger partial charge in [0.15, 0.2) is 0 Å². The molecule has 0 aromatic carbocycles. The van der Waals surface area contributed by atoms with Crippen LogP contribution in [0.3, 0.4) is 0 Å². The van der Waals surface area contributed by atoms with Gasteiger partial charge in [0.25, 0.3) is 0 Å². The Labute approximate surface area is 128 Å². The SMILES string of the molecule is CCCCN1CC(C(=O)NC2CCCCCCC2)CC1=O. The van der Waals surface area contributed by atoms with Gasteiger partial charge in [-0.2, -0.15) is 0 Å². The first-order chi connectivity index (χ1) is 10.2. The van der Waals surface area contributed by atoms with Crippen molar-refractivity contribution in [2.24, 2.45) is 5.92 Å². The molecule has 0 aromatic rings. The van der Waals surface area contributed by atoms with Crippen molar-refractivity contribution in [3.05, 3.63) is 0 Å². The second-order valence-electron chi connectivity index (χ2n) is 6.64. The van der Waals surface area contributed by atoms with E-state index in [0.29, 0.717) is 19.0 Å². The van der Waals surface area contributed by atoms with Crippen LogP contribution in [0, 0.1) is 5.92 Å². The summed E-state index contributed by atoms with van der Waals surface area (Å²) in [5, 5.41) is 3.21. The topological polar surface area (TPSA) is 49.4 Å². The molecule has 1 unspecified atom stereocenters. The largest absolute Gasteiger partial charge is 0.353 e. The lowest BCUT2D eigenvalue weighted by Crippen LogP contribution is -2.40. The zero-order valence-electron chi connectivity index (χ0n) is 13.4. The van der Waals surface area contributed by atoms with E-state index in [2.05, 4.69) is 12.2 Å². The van der Waals surface area contributed by atoms with Gasteiger partial charge in [0, 0.05) is 25.6 Å². The lowest BCUT2D eigenvalue weighted by Gasteiger charge is -2.23. The highest BCUT2D eigenvalue weighted by molar-refractivity contribution is 5.89. The Balaban J connectivity index is 1.78. The predicted molar refractivity (Wildman–Crippen MR) is 83.8 cm³/mol. The summed E-state index contributed by atoms with van der Waals surface area (Å²) < 4.78 is 0. The van der Waals surface area contributed by atoms with Gasteiger partial charge in [0.1, 0.15) is 0 Å². The lowest BCUT2D eigenvalue weighted by molar-refractivity contribution is -0.129. The van der Waals surface area contributed by atoms with E-state index in [1.807, 2.05) is 4.90 Å². The zero-order valence-corrected chi connectivity index (χ0v) is 13.4. The summed E-state index contributed by atoms with van der Waals surface area (Å²) in [6, 6.07) is 0.331. The summed E-state index contributed by atoms with van der Waals surface area (Å²) in [5.74, 6) is 0.133. The van der Waals surface area contributed by atoms with Gasteiger partial charge in [-0.3, -0.25) is 9.59 Å². The van der Waals surface area contributed by atoms with Gasteiger partial charge >= 0.3 is 0 Å². The van der Waals surface area contributed by atoms with Crippen LogP contribution in [0.25, 0.3) is 0 Å². The molecular weight excluding hydrogens is 264 g/mol. The molecule has 1 saturated heterocycles. The third kappa shape index (κ3) is 5.01. The Hall–Kier alpha value is -1.06. The minimum Gasteiger partial charge on any atom is -0.353 e. The molecule has 1 atom stereocenters. The molecule has 1 aliphatic heterocycles. The van der Waals surface area contributed by atoms with Crippen LogP contribution in [-0.4, -0.2) is 35.8 Å². The fourth-order valence-electron chi connectivity index (χ4n) is 3.43. The van der Waals surface area contributed by atoms with Gasteiger partial charge < -0.3 is 10.2 Å². The average molecular weight is 294 g/mol. The number of nitrogens with zero attached hydrogens (tertiary/aromatic N) is 1. The first kappa shape index (κ1) is 16.3. The van der Waals surface area contributed by atoms with Crippen molar-refractivity contribution in [1.82, 2.24) is 10.2 Å². The highest BCUT2D eigenvalue weighted by atomic mass is 16.2. The maximum Gasteiger partial charge on any atom is 0.225 e. The van der Waals surface area contributed by atoms with E-state index in [1.165, 1.54) is 32.1 Å². The molecule has 0 aromatic heterocycles. The number of rotatable bonds is 5. The fourth-order valence-corrected chi connectivity index (χ4v) is 3.43. The Morgan fingerprint density at radius 3 is 2.52 bits per heavy atom. The number of amides is 2. The Bertz CT molecular complexity index is 349. The van der Waals surface area contributed by atoms with Gasteiger partial charge in [-0.15, -0.1) is 0 Å². The molecule has 2 fully saturated rings. The van der Waals surface area contributed by atoms with Crippen LogP contribution in [0.5, 0.6) is 0 Å². The molecule has 1 aliphatic carbocycles. The van der Waals surface area contributed by atoms with Crippen molar-refractivity contribution in [3.8, 4) is 0 Å². The van der Waals surface area contributed by atoms with Crippen molar-refractivity contribution in [3.63, 3.8) is 0 Å². The molecule has 2 rings (SSSR count). The van der Waals surface area contributed by atoms with E-state index in [0.717, 1.165) is 32.2 Å². The predicted octanol–water partition coefficient (Wildman–Crippen LogP) is 2.86. The summed E-state index contributed by atoms with van der Waals surface area (Å²) in [4.78, 5) is 26.2. The van der Waals surface area contributed by atoms with Crippen LogP contribution >= 0.6 is 0 Å². The van der Waals surface area contributed by atoms with Crippen LogP contribution in [-0.2, 0) is 9.59 Å². The fraction of sp³-hybridized carbons (Fsp3) is 0.882. The standard InChI is InChI=1S/C17H30N2O2/c1-2-3-11-19-13-14(12-16(19)20)17(21)18-15-9-7-5-4-6-8-10-15/h14-15H,2-13H2,1H3,(H,18,21). The molecule has 120 valence electrons. The highest BCUT2D eigenvalue weighted by Gasteiger charge is 2.34. The summed E-state index contributed by atoms with van der Waals surface area (Å²) in [5.41, 5.74) is 0.